The van der Waals surface area contributed by atoms with Crippen LogP contribution in [-0.2, 0) is 13.2 Å². The van der Waals surface area contributed by atoms with Gasteiger partial charge in [0, 0.05) is 19.3 Å². The van der Waals surface area contributed by atoms with Crippen molar-refractivity contribution in [2.75, 3.05) is 18.5 Å². The average Bonchev–Trinajstić information content (AvgIpc) is 2.85. The maximum atomic E-state index is 8.91. The molecule has 0 saturated heterocycles. The van der Waals surface area contributed by atoms with Crippen LogP contribution in [0.3, 0.4) is 0 Å². The van der Waals surface area contributed by atoms with Gasteiger partial charge in [-0.3, -0.25) is 4.68 Å². The molecule has 0 aliphatic rings. The Labute approximate surface area is 107 Å². The Balaban J connectivity index is 1.91. The molecule has 0 spiro atoms. The van der Waals surface area contributed by atoms with Gasteiger partial charge in [-0.05, 0) is 19.1 Å². The summed E-state index contributed by atoms with van der Waals surface area (Å²) in [5.41, 5.74) is 3.05. The van der Waals surface area contributed by atoms with E-state index < -0.39 is 0 Å². The SMILES string of the molecule is Cc1ccc(N(C)CCn2cc(CO)nn2)cc1. The van der Waals surface area contributed by atoms with E-state index >= 15 is 0 Å². The third kappa shape index (κ3) is 3.07. The largest absolute Gasteiger partial charge is 0.390 e. The summed E-state index contributed by atoms with van der Waals surface area (Å²) in [5.74, 6) is 0. The van der Waals surface area contributed by atoms with Crippen molar-refractivity contribution in [3.63, 3.8) is 0 Å². The van der Waals surface area contributed by atoms with Crippen molar-refractivity contribution in [3.8, 4) is 0 Å². The van der Waals surface area contributed by atoms with Crippen molar-refractivity contribution in [1.82, 2.24) is 15.0 Å². The van der Waals surface area contributed by atoms with Gasteiger partial charge in [0.25, 0.3) is 0 Å². The van der Waals surface area contributed by atoms with Crippen molar-refractivity contribution in [2.45, 2.75) is 20.1 Å². The number of rotatable bonds is 5. The highest BCUT2D eigenvalue weighted by Gasteiger charge is 2.03. The van der Waals surface area contributed by atoms with Crippen molar-refractivity contribution in [1.29, 1.82) is 0 Å². The second kappa shape index (κ2) is 5.64. The lowest BCUT2D eigenvalue weighted by molar-refractivity contribution is 0.276. The van der Waals surface area contributed by atoms with Crippen molar-refractivity contribution >= 4 is 5.69 Å². The molecule has 2 aromatic rings. The fraction of sp³-hybridized carbons (Fsp3) is 0.385. The van der Waals surface area contributed by atoms with Gasteiger partial charge in [0.05, 0.1) is 19.3 Å². The monoisotopic (exact) mass is 246 g/mol. The van der Waals surface area contributed by atoms with Crippen LogP contribution < -0.4 is 4.90 Å². The third-order valence-electron chi connectivity index (χ3n) is 2.89. The lowest BCUT2D eigenvalue weighted by atomic mass is 10.2. The predicted molar refractivity (Wildman–Crippen MR) is 70.4 cm³/mol. The van der Waals surface area contributed by atoms with Crippen LogP contribution in [0.4, 0.5) is 5.69 Å². The first-order chi connectivity index (χ1) is 8.69. The van der Waals surface area contributed by atoms with Gasteiger partial charge < -0.3 is 10.0 Å². The minimum absolute atomic E-state index is 0.0617. The molecule has 5 heteroatoms. The lowest BCUT2D eigenvalue weighted by Gasteiger charge is -2.19. The summed E-state index contributed by atoms with van der Waals surface area (Å²) >= 11 is 0. The second-order valence-corrected chi connectivity index (χ2v) is 4.39. The van der Waals surface area contributed by atoms with Gasteiger partial charge in [-0.25, -0.2) is 0 Å². The van der Waals surface area contributed by atoms with Crippen molar-refractivity contribution in [3.05, 3.63) is 41.7 Å². The maximum Gasteiger partial charge on any atom is 0.108 e. The summed E-state index contributed by atoms with van der Waals surface area (Å²) in [6, 6.07) is 8.42. The quantitative estimate of drug-likeness (QED) is 0.861. The van der Waals surface area contributed by atoms with Crippen LogP contribution in [0, 0.1) is 6.92 Å². The molecule has 0 amide bonds. The molecule has 0 saturated carbocycles. The third-order valence-corrected chi connectivity index (χ3v) is 2.89. The average molecular weight is 246 g/mol. The number of nitrogens with zero attached hydrogens (tertiary/aromatic N) is 4. The molecular formula is C13H18N4O. The number of anilines is 1. The normalized spacial score (nSPS) is 10.6. The van der Waals surface area contributed by atoms with Gasteiger partial charge in [-0.15, -0.1) is 5.10 Å². The summed E-state index contributed by atoms with van der Waals surface area (Å²) < 4.78 is 1.75. The summed E-state index contributed by atoms with van der Waals surface area (Å²) in [5, 5.41) is 16.7. The highest BCUT2D eigenvalue weighted by Crippen LogP contribution is 2.13. The van der Waals surface area contributed by atoms with Gasteiger partial charge in [-0.2, -0.15) is 0 Å². The number of aryl methyl sites for hydroxylation is 1. The highest BCUT2D eigenvalue weighted by atomic mass is 16.3. The number of hydrogen-bond donors (Lipinski definition) is 1. The van der Waals surface area contributed by atoms with E-state index in [9.17, 15) is 0 Å². The summed E-state index contributed by atoms with van der Waals surface area (Å²) in [6.07, 6.45) is 1.77. The molecule has 0 aliphatic heterocycles. The lowest BCUT2D eigenvalue weighted by Crippen LogP contribution is -2.22. The molecule has 0 unspecified atom stereocenters. The molecule has 96 valence electrons. The fourth-order valence-corrected chi connectivity index (χ4v) is 1.70. The first kappa shape index (κ1) is 12.6. The molecule has 0 radical (unpaired) electrons. The maximum absolute atomic E-state index is 8.91. The minimum atomic E-state index is -0.0617. The molecule has 18 heavy (non-hydrogen) atoms. The smallest absolute Gasteiger partial charge is 0.108 e. The number of benzene rings is 1. The standard InChI is InChI=1S/C13H18N4O/c1-11-3-5-13(6-4-11)16(2)7-8-17-9-12(10-18)14-15-17/h3-6,9,18H,7-8,10H2,1-2H3. The van der Waals surface area contributed by atoms with E-state index in [1.165, 1.54) is 11.3 Å². The Morgan fingerprint density at radius 1 is 1.28 bits per heavy atom. The Morgan fingerprint density at radius 3 is 2.61 bits per heavy atom. The molecule has 2 rings (SSSR count). The Kier molecular flexibility index (Phi) is 3.94. The first-order valence-corrected chi connectivity index (χ1v) is 5.96. The molecule has 1 N–H and O–H groups in total. The zero-order valence-corrected chi connectivity index (χ0v) is 10.7. The van der Waals surface area contributed by atoms with E-state index in [-0.39, 0.29) is 6.61 Å². The zero-order valence-electron chi connectivity index (χ0n) is 10.7. The topological polar surface area (TPSA) is 54.2 Å². The number of aliphatic hydroxyl groups is 1. The van der Waals surface area contributed by atoms with Gasteiger partial charge in [0.2, 0.25) is 0 Å². The summed E-state index contributed by atoms with van der Waals surface area (Å²) in [4.78, 5) is 2.17. The predicted octanol–water partition coefficient (Wildman–Crippen LogP) is 1.22. The molecule has 0 bridgehead atoms. The van der Waals surface area contributed by atoms with Crippen LogP contribution in [0.2, 0.25) is 0 Å². The molecular weight excluding hydrogens is 228 g/mol. The minimum Gasteiger partial charge on any atom is -0.390 e. The summed E-state index contributed by atoms with van der Waals surface area (Å²) in [6.45, 7) is 3.61. The number of aliphatic hydroxyl groups excluding tert-OH is 1. The van der Waals surface area contributed by atoms with Crippen LogP contribution >= 0.6 is 0 Å². The number of hydrogen-bond acceptors (Lipinski definition) is 4. The van der Waals surface area contributed by atoms with Gasteiger partial charge >= 0.3 is 0 Å². The molecule has 1 heterocycles. The number of aromatic nitrogens is 3. The summed E-state index contributed by atoms with van der Waals surface area (Å²) in [7, 11) is 2.05. The molecule has 1 aromatic heterocycles. The van der Waals surface area contributed by atoms with E-state index in [0.29, 0.717) is 5.69 Å². The van der Waals surface area contributed by atoms with Gasteiger partial charge in [-0.1, -0.05) is 22.9 Å². The Hall–Kier alpha value is -1.88. The molecule has 0 atom stereocenters. The van der Waals surface area contributed by atoms with E-state index in [1.807, 2.05) is 0 Å². The van der Waals surface area contributed by atoms with E-state index in [2.05, 4.69) is 53.4 Å². The Bertz CT molecular complexity index is 492. The van der Waals surface area contributed by atoms with E-state index in [1.54, 1.807) is 10.9 Å². The van der Waals surface area contributed by atoms with Gasteiger partial charge in [0.1, 0.15) is 5.69 Å². The van der Waals surface area contributed by atoms with Crippen LogP contribution in [0.25, 0.3) is 0 Å². The van der Waals surface area contributed by atoms with Crippen LogP contribution in [0.5, 0.6) is 0 Å². The zero-order chi connectivity index (χ0) is 13.0. The van der Waals surface area contributed by atoms with E-state index in [4.69, 9.17) is 5.11 Å². The van der Waals surface area contributed by atoms with Crippen LogP contribution in [-0.4, -0.2) is 33.7 Å². The first-order valence-electron chi connectivity index (χ1n) is 5.96. The molecule has 0 fully saturated rings. The van der Waals surface area contributed by atoms with E-state index in [0.717, 1.165) is 13.1 Å². The van der Waals surface area contributed by atoms with Gasteiger partial charge in [0.15, 0.2) is 0 Å². The van der Waals surface area contributed by atoms with Crippen LogP contribution in [0.15, 0.2) is 30.5 Å². The molecule has 0 aliphatic carbocycles. The highest BCUT2D eigenvalue weighted by molar-refractivity contribution is 5.46. The Morgan fingerprint density at radius 2 is 2.00 bits per heavy atom. The molecule has 1 aromatic carbocycles. The second-order valence-electron chi connectivity index (χ2n) is 4.39. The molecule has 5 nitrogen and oxygen atoms in total. The number of likely N-dealkylation sites (N-methyl/N-ethyl adjacent to an activating group) is 1. The van der Waals surface area contributed by atoms with Crippen molar-refractivity contribution in [2.24, 2.45) is 0 Å². The van der Waals surface area contributed by atoms with Crippen LogP contribution in [0.1, 0.15) is 11.3 Å². The fourth-order valence-electron chi connectivity index (χ4n) is 1.70. The van der Waals surface area contributed by atoms with Crippen molar-refractivity contribution < 1.29 is 5.11 Å².